The fourth-order valence-electron chi connectivity index (χ4n) is 1.42. The summed E-state index contributed by atoms with van der Waals surface area (Å²) < 4.78 is 10.5. The summed E-state index contributed by atoms with van der Waals surface area (Å²) in [6, 6.07) is 9.70. The second-order valence-electron chi connectivity index (χ2n) is 3.87. The Labute approximate surface area is 103 Å². The molecule has 17 heavy (non-hydrogen) atoms. The second kappa shape index (κ2) is 8.90. The molecule has 0 bridgehead atoms. The lowest BCUT2D eigenvalue weighted by Crippen LogP contribution is -2.14. The number of hydrogen-bond donors (Lipinski definition) is 0. The SMILES string of the molecule is CCCOCCOCC(=O)Cc1ccccc1. The van der Waals surface area contributed by atoms with E-state index in [1.54, 1.807) is 0 Å². The van der Waals surface area contributed by atoms with Crippen molar-refractivity contribution in [3.05, 3.63) is 35.9 Å². The van der Waals surface area contributed by atoms with Crippen LogP contribution in [0.25, 0.3) is 0 Å². The van der Waals surface area contributed by atoms with Crippen LogP contribution in [-0.2, 0) is 20.7 Å². The van der Waals surface area contributed by atoms with E-state index in [4.69, 9.17) is 9.47 Å². The van der Waals surface area contributed by atoms with Gasteiger partial charge in [0.1, 0.15) is 6.61 Å². The summed E-state index contributed by atoms with van der Waals surface area (Å²) in [7, 11) is 0. The summed E-state index contributed by atoms with van der Waals surface area (Å²) >= 11 is 0. The number of ketones is 1. The molecule has 1 aromatic rings. The maximum absolute atomic E-state index is 11.5. The fraction of sp³-hybridized carbons (Fsp3) is 0.500. The largest absolute Gasteiger partial charge is 0.379 e. The van der Waals surface area contributed by atoms with Gasteiger partial charge in [0.05, 0.1) is 13.2 Å². The number of carbonyl (C=O) groups is 1. The van der Waals surface area contributed by atoms with Crippen molar-refractivity contribution in [3.63, 3.8) is 0 Å². The highest BCUT2D eigenvalue weighted by Gasteiger charge is 2.03. The van der Waals surface area contributed by atoms with Crippen molar-refractivity contribution < 1.29 is 14.3 Å². The van der Waals surface area contributed by atoms with E-state index in [-0.39, 0.29) is 12.4 Å². The van der Waals surface area contributed by atoms with Gasteiger partial charge < -0.3 is 9.47 Å². The molecule has 0 saturated carbocycles. The van der Waals surface area contributed by atoms with Crippen molar-refractivity contribution in [2.24, 2.45) is 0 Å². The highest BCUT2D eigenvalue weighted by molar-refractivity contribution is 5.81. The molecule has 3 nitrogen and oxygen atoms in total. The van der Waals surface area contributed by atoms with Crippen LogP contribution < -0.4 is 0 Å². The summed E-state index contributed by atoms with van der Waals surface area (Å²) in [6.45, 7) is 4.03. The smallest absolute Gasteiger partial charge is 0.162 e. The van der Waals surface area contributed by atoms with Crippen LogP contribution in [0.4, 0.5) is 0 Å². The number of ether oxygens (including phenoxy) is 2. The number of benzene rings is 1. The maximum atomic E-state index is 11.5. The van der Waals surface area contributed by atoms with Crippen LogP contribution in [-0.4, -0.2) is 32.2 Å². The van der Waals surface area contributed by atoms with E-state index in [1.165, 1.54) is 0 Å². The van der Waals surface area contributed by atoms with Crippen LogP contribution in [0, 0.1) is 0 Å². The Morgan fingerprint density at radius 2 is 1.76 bits per heavy atom. The van der Waals surface area contributed by atoms with Crippen LogP contribution in [0.1, 0.15) is 18.9 Å². The van der Waals surface area contributed by atoms with Crippen LogP contribution in [0.5, 0.6) is 0 Å². The van der Waals surface area contributed by atoms with Gasteiger partial charge in [0.2, 0.25) is 0 Å². The minimum Gasteiger partial charge on any atom is -0.379 e. The first-order valence-corrected chi connectivity index (χ1v) is 6.04. The highest BCUT2D eigenvalue weighted by Crippen LogP contribution is 2.00. The van der Waals surface area contributed by atoms with E-state index in [2.05, 4.69) is 6.92 Å². The van der Waals surface area contributed by atoms with Gasteiger partial charge in [0.15, 0.2) is 5.78 Å². The van der Waals surface area contributed by atoms with E-state index >= 15 is 0 Å². The second-order valence-corrected chi connectivity index (χ2v) is 3.87. The molecule has 0 aromatic heterocycles. The molecule has 94 valence electrons. The fourth-order valence-corrected chi connectivity index (χ4v) is 1.42. The van der Waals surface area contributed by atoms with Gasteiger partial charge in [-0.3, -0.25) is 4.79 Å². The zero-order valence-corrected chi connectivity index (χ0v) is 10.4. The standard InChI is InChI=1S/C14H20O3/c1-2-8-16-9-10-17-12-14(15)11-13-6-4-3-5-7-13/h3-7H,2,8-12H2,1H3. The molecule has 0 amide bonds. The summed E-state index contributed by atoms with van der Waals surface area (Å²) in [5.41, 5.74) is 1.03. The molecule has 0 radical (unpaired) electrons. The average molecular weight is 236 g/mol. The first-order valence-electron chi connectivity index (χ1n) is 6.04. The van der Waals surface area contributed by atoms with Crippen LogP contribution in [0.15, 0.2) is 30.3 Å². The van der Waals surface area contributed by atoms with Crippen molar-refractivity contribution in [1.82, 2.24) is 0 Å². The summed E-state index contributed by atoms with van der Waals surface area (Å²) in [5, 5.41) is 0. The van der Waals surface area contributed by atoms with Crippen molar-refractivity contribution >= 4 is 5.78 Å². The molecule has 0 fully saturated rings. The predicted octanol–water partition coefficient (Wildman–Crippen LogP) is 2.24. The van der Waals surface area contributed by atoms with Crippen LogP contribution in [0.2, 0.25) is 0 Å². The number of carbonyl (C=O) groups excluding carboxylic acids is 1. The topological polar surface area (TPSA) is 35.5 Å². The molecule has 0 unspecified atom stereocenters. The Morgan fingerprint density at radius 1 is 1.06 bits per heavy atom. The first kappa shape index (κ1) is 13.9. The predicted molar refractivity (Wildman–Crippen MR) is 67.1 cm³/mol. The zero-order chi connectivity index (χ0) is 12.3. The third kappa shape index (κ3) is 6.87. The van der Waals surface area contributed by atoms with Gasteiger partial charge in [0, 0.05) is 13.0 Å². The van der Waals surface area contributed by atoms with Gasteiger partial charge >= 0.3 is 0 Å². The first-order chi connectivity index (χ1) is 8.33. The van der Waals surface area contributed by atoms with Crippen molar-refractivity contribution in [1.29, 1.82) is 0 Å². The van der Waals surface area contributed by atoms with E-state index in [0.717, 1.165) is 18.6 Å². The molecule has 0 aliphatic carbocycles. The zero-order valence-electron chi connectivity index (χ0n) is 10.4. The van der Waals surface area contributed by atoms with Gasteiger partial charge in [-0.1, -0.05) is 37.3 Å². The Hall–Kier alpha value is -1.19. The van der Waals surface area contributed by atoms with Crippen LogP contribution >= 0.6 is 0 Å². The van der Waals surface area contributed by atoms with E-state index in [9.17, 15) is 4.79 Å². The summed E-state index contributed by atoms with van der Waals surface area (Å²) in [6.07, 6.45) is 1.45. The molecule has 0 aliphatic rings. The molecule has 0 N–H and O–H groups in total. The van der Waals surface area contributed by atoms with Gasteiger partial charge in [-0.2, -0.15) is 0 Å². The highest BCUT2D eigenvalue weighted by atomic mass is 16.5. The van der Waals surface area contributed by atoms with Crippen molar-refractivity contribution in [2.45, 2.75) is 19.8 Å². The van der Waals surface area contributed by atoms with Crippen LogP contribution in [0.3, 0.4) is 0 Å². The minimum atomic E-state index is 0.103. The third-order valence-corrected chi connectivity index (χ3v) is 2.23. The Kier molecular flexibility index (Phi) is 7.27. The quantitative estimate of drug-likeness (QED) is 0.617. The Bertz CT molecular complexity index is 309. The number of rotatable bonds is 9. The summed E-state index contributed by atoms with van der Waals surface area (Å²) in [5.74, 6) is 0.103. The van der Waals surface area contributed by atoms with E-state index < -0.39 is 0 Å². The molecular weight excluding hydrogens is 216 g/mol. The van der Waals surface area contributed by atoms with E-state index in [1.807, 2.05) is 30.3 Å². The van der Waals surface area contributed by atoms with Gasteiger partial charge in [-0.15, -0.1) is 0 Å². The minimum absolute atomic E-state index is 0.103. The molecule has 0 saturated heterocycles. The third-order valence-electron chi connectivity index (χ3n) is 2.23. The van der Waals surface area contributed by atoms with Gasteiger partial charge in [0.25, 0.3) is 0 Å². The molecule has 1 rings (SSSR count). The maximum Gasteiger partial charge on any atom is 0.162 e. The average Bonchev–Trinajstić information content (AvgIpc) is 2.35. The lowest BCUT2D eigenvalue weighted by Gasteiger charge is -2.04. The van der Waals surface area contributed by atoms with E-state index in [0.29, 0.717) is 19.6 Å². The van der Waals surface area contributed by atoms with Crippen molar-refractivity contribution in [3.8, 4) is 0 Å². The Morgan fingerprint density at radius 3 is 2.47 bits per heavy atom. The van der Waals surface area contributed by atoms with Crippen molar-refractivity contribution in [2.75, 3.05) is 26.4 Å². The Balaban J connectivity index is 2.06. The molecular formula is C14H20O3. The van der Waals surface area contributed by atoms with Gasteiger partial charge in [-0.05, 0) is 12.0 Å². The molecule has 0 atom stereocenters. The van der Waals surface area contributed by atoms with Gasteiger partial charge in [-0.25, -0.2) is 0 Å². The lowest BCUT2D eigenvalue weighted by molar-refractivity contribution is -0.123. The molecule has 1 aromatic carbocycles. The molecule has 3 heteroatoms. The molecule has 0 heterocycles. The monoisotopic (exact) mass is 236 g/mol. The summed E-state index contributed by atoms with van der Waals surface area (Å²) in [4.78, 5) is 11.5. The molecule has 0 spiro atoms. The number of Topliss-reactive ketones (excluding diaryl/α,β-unsaturated/α-hetero) is 1. The number of hydrogen-bond acceptors (Lipinski definition) is 3. The lowest BCUT2D eigenvalue weighted by atomic mass is 10.1. The normalized spacial score (nSPS) is 10.4. The molecule has 0 aliphatic heterocycles.